The average Bonchev–Trinajstić information content (AvgIpc) is 2.73. The number of carbonyl (C=O) groups excluding carboxylic acids is 1. The van der Waals surface area contributed by atoms with Crippen molar-refractivity contribution in [1.29, 1.82) is 0 Å². The molecular weight excluding hydrogens is 212 g/mol. The zero-order chi connectivity index (χ0) is 11.7. The van der Waals surface area contributed by atoms with Gasteiger partial charge in [-0.1, -0.05) is 6.08 Å². The highest BCUT2D eigenvalue weighted by Gasteiger charge is 2.43. The summed E-state index contributed by atoms with van der Waals surface area (Å²) in [5, 5.41) is 18.8. The van der Waals surface area contributed by atoms with Crippen molar-refractivity contribution in [2.45, 2.75) is 12.7 Å². The first kappa shape index (κ1) is 11.2. The molecule has 5 nitrogen and oxygen atoms in total. The van der Waals surface area contributed by atoms with E-state index in [2.05, 4.69) is 4.74 Å². The molecule has 0 aromatic heterocycles. The monoisotopic (exact) mass is 227 g/mol. The summed E-state index contributed by atoms with van der Waals surface area (Å²) in [7, 11) is 1.30. The molecule has 0 bridgehead atoms. The van der Waals surface area contributed by atoms with Crippen LogP contribution < -0.4 is 0 Å². The van der Waals surface area contributed by atoms with Crippen molar-refractivity contribution in [3.8, 4) is 0 Å². The van der Waals surface area contributed by atoms with E-state index in [1.807, 2.05) is 6.08 Å². The van der Waals surface area contributed by atoms with Crippen LogP contribution >= 0.6 is 0 Å². The van der Waals surface area contributed by atoms with Gasteiger partial charge in [0.1, 0.15) is 0 Å². The van der Waals surface area contributed by atoms with E-state index in [1.165, 1.54) is 13.4 Å². The lowest BCUT2D eigenvalue weighted by molar-refractivity contribution is -0.141. The van der Waals surface area contributed by atoms with Crippen molar-refractivity contribution in [3.63, 3.8) is 0 Å². The van der Waals surface area contributed by atoms with E-state index < -0.39 is 12.3 Å². The highest BCUT2D eigenvalue weighted by atomic mass is 16.6. The van der Waals surface area contributed by atoms with Crippen LogP contribution in [0.15, 0.2) is 23.5 Å². The van der Waals surface area contributed by atoms with Gasteiger partial charge in [0.15, 0.2) is 0 Å². The second-order valence-electron chi connectivity index (χ2n) is 3.90. The molecule has 2 rings (SSSR count). The summed E-state index contributed by atoms with van der Waals surface area (Å²) >= 11 is 0. The molecule has 2 aliphatic rings. The van der Waals surface area contributed by atoms with Gasteiger partial charge in [-0.25, -0.2) is 4.79 Å². The lowest BCUT2D eigenvalue weighted by atomic mass is 9.83. The van der Waals surface area contributed by atoms with Gasteiger partial charge in [-0.3, -0.25) is 0 Å². The fraction of sp³-hybridized carbons (Fsp3) is 0.545. The standard InChI is InChI=1S/C11H14O5/c1-15-10(13)8-5-16-11(14)9-6(4-12)2-3-7(8)9/h2,5,7,9,11-12,14H,3-4H2,1H3/p+1/t7-,9-,11-/m1/s1. The largest absolute Gasteiger partial charge is 1.00 e. The summed E-state index contributed by atoms with van der Waals surface area (Å²) in [4.78, 5) is 11.5. The molecule has 88 valence electrons. The molecule has 0 saturated carbocycles. The Morgan fingerprint density at radius 2 is 2.50 bits per heavy atom. The van der Waals surface area contributed by atoms with Gasteiger partial charge in [0, 0.05) is 5.92 Å². The number of aliphatic hydroxyl groups is 2. The van der Waals surface area contributed by atoms with Crippen molar-refractivity contribution in [2.75, 3.05) is 13.7 Å². The van der Waals surface area contributed by atoms with Crippen LogP contribution in [-0.4, -0.2) is 36.2 Å². The molecule has 3 atom stereocenters. The number of esters is 1. The van der Waals surface area contributed by atoms with Crippen molar-refractivity contribution in [2.24, 2.45) is 11.8 Å². The van der Waals surface area contributed by atoms with Gasteiger partial charge in [0.05, 0.1) is 31.5 Å². The Bertz CT molecular complexity index is 363. The van der Waals surface area contributed by atoms with E-state index in [9.17, 15) is 9.90 Å². The third kappa shape index (κ3) is 1.62. The first-order chi connectivity index (χ1) is 7.69. The molecule has 0 aromatic rings. The Hall–Kier alpha value is -1.33. The number of allylic oxidation sites excluding steroid dienone is 1. The Labute approximate surface area is 94.5 Å². The van der Waals surface area contributed by atoms with E-state index >= 15 is 0 Å². The molecule has 0 spiro atoms. The second kappa shape index (κ2) is 4.27. The minimum absolute atomic E-state index is 0. The van der Waals surface area contributed by atoms with Crippen LogP contribution in [0.5, 0.6) is 0 Å². The van der Waals surface area contributed by atoms with Gasteiger partial charge >= 0.3 is 7.40 Å². The number of carbonyl (C=O) groups is 1. The highest BCUT2D eigenvalue weighted by molar-refractivity contribution is 5.89. The maximum absolute atomic E-state index is 11.5. The molecule has 0 unspecified atom stereocenters. The minimum Gasteiger partial charge on any atom is -0.472 e. The molecule has 16 heavy (non-hydrogen) atoms. The number of aliphatic hydroxyl groups excluding tert-OH is 2. The Morgan fingerprint density at radius 3 is 3.12 bits per heavy atom. The fourth-order valence-electron chi connectivity index (χ4n) is 2.32. The summed E-state index contributed by atoms with van der Waals surface area (Å²) in [6, 6.07) is 0. The molecule has 1 aliphatic carbocycles. The number of fused-ring (bicyclic) bond motifs is 1. The number of hydrogen-bond acceptors (Lipinski definition) is 5. The van der Waals surface area contributed by atoms with Crippen molar-refractivity contribution in [3.05, 3.63) is 23.5 Å². The Kier molecular flexibility index (Phi) is 2.98. The SMILES string of the molecule is COC(=O)C1=CO[C@@H](O)[C@@H]2C(CO)=CC[C@H]12.[H+]. The van der Waals surface area contributed by atoms with E-state index in [1.54, 1.807) is 0 Å². The summed E-state index contributed by atoms with van der Waals surface area (Å²) < 4.78 is 9.65. The highest BCUT2D eigenvalue weighted by Crippen LogP contribution is 2.42. The Morgan fingerprint density at radius 1 is 1.75 bits per heavy atom. The smallest absolute Gasteiger partial charge is 0.472 e. The van der Waals surface area contributed by atoms with Crippen molar-refractivity contribution < 1.29 is 25.9 Å². The predicted molar refractivity (Wildman–Crippen MR) is 55.1 cm³/mol. The summed E-state index contributed by atoms with van der Waals surface area (Å²) in [6.45, 7) is -0.129. The first-order valence-corrected chi connectivity index (χ1v) is 5.10. The first-order valence-electron chi connectivity index (χ1n) is 5.10. The van der Waals surface area contributed by atoms with Crippen LogP contribution in [0.3, 0.4) is 0 Å². The number of rotatable bonds is 2. The third-order valence-electron chi connectivity index (χ3n) is 3.14. The lowest BCUT2D eigenvalue weighted by Crippen LogP contribution is -2.35. The molecule has 0 radical (unpaired) electrons. The van der Waals surface area contributed by atoms with Gasteiger partial charge in [0.2, 0.25) is 6.29 Å². The van der Waals surface area contributed by atoms with Crippen LogP contribution in [0, 0.1) is 11.8 Å². The molecule has 0 fully saturated rings. The minimum atomic E-state index is -1.00. The zero-order valence-electron chi connectivity index (χ0n) is 9.92. The van der Waals surface area contributed by atoms with E-state index in [0.29, 0.717) is 17.6 Å². The van der Waals surface area contributed by atoms with Crippen LogP contribution in [0.2, 0.25) is 0 Å². The van der Waals surface area contributed by atoms with Gasteiger partial charge < -0.3 is 19.7 Å². The van der Waals surface area contributed by atoms with Crippen LogP contribution in [0.25, 0.3) is 0 Å². The summed E-state index contributed by atoms with van der Waals surface area (Å²) in [5.41, 5.74) is 1.13. The van der Waals surface area contributed by atoms with E-state index in [4.69, 9.17) is 9.84 Å². The van der Waals surface area contributed by atoms with Crippen LogP contribution in [0.4, 0.5) is 0 Å². The van der Waals surface area contributed by atoms with E-state index in [-0.39, 0.29) is 19.9 Å². The average molecular weight is 227 g/mol. The molecule has 0 aromatic carbocycles. The molecular formula is C11H15O5+. The topological polar surface area (TPSA) is 76.0 Å². The fourth-order valence-corrected chi connectivity index (χ4v) is 2.32. The number of ether oxygens (including phenoxy) is 2. The lowest BCUT2D eigenvalue weighted by Gasteiger charge is -2.31. The molecule has 2 N–H and O–H groups in total. The maximum atomic E-state index is 11.5. The zero-order valence-corrected chi connectivity index (χ0v) is 8.92. The normalized spacial score (nSPS) is 32.3. The van der Waals surface area contributed by atoms with Crippen LogP contribution in [0.1, 0.15) is 7.85 Å². The molecule has 0 amide bonds. The second-order valence-corrected chi connectivity index (χ2v) is 3.90. The van der Waals surface area contributed by atoms with Gasteiger partial charge in [-0.2, -0.15) is 0 Å². The maximum Gasteiger partial charge on any atom is 1.00 e. The van der Waals surface area contributed by atoms with Gasteiger partial charge in [-0.05, 0) is 12.0 Å². The third-order valence-corrected chi connectivity index (χ3v) is 3.14. The van der Waals surface area contributed by atoms with Crippen molar-refractivity contribution in [1.82, 2.24) is 0 Å². The summed E-state index contributed by atoms with van der Waals surface area (Å²) in [6.07, 6.45) is 2.71. The predicted octanol–water partition coefficient (Wildman–Crippen LogP) is 0.0592. The summed E-state index contributed by atoms with van der Waals surface area (Å²) in [5.74, 6) is -0.947. The van der Waals surface area contributed by atoms with Gasteiger partial charge in [0.25, 0.3) is 0 Å². The van der Waals surface area contributed by atoms with E-state index in [0.717, 1.165) is 0 Å². The molecule has 1 aliphatic heterocycles. The Balaban J connectivity index is 0.00000144. The molecule has 0 saturated heterocycles. The molecule has 1 heterocycles. The van der Waals surface area contributed by atoms with Gasteiger partial charge in [-0.15, -0.1) is 0 Å². The number of hydrogen-bond donors (Lipinski definition) is 2. The van der Waals surface area contributed by atoms with Crippen molar-refractivity contribution >= 4 is 5.97 Å². The quantitative estimate of drug-likeness (QED) is 0.515. The van der Waals surface area contributed by atoms with Crippen LogP contribution in [-0.2, 0) is 14.3 Å². The molecule has 5 heteroatoms. The number of methoxy groups -OCH3 is 1.